The molecule has 2 N–H and O–H groups in total. The highest BCUT2D eigenvalue weighted by Gasteiger charge is 2.15. The second-order valence-electron chi connectivity index (χ2n) is 5.44. The Balaban J connectivity index is 2.01. The van der Waals surface area contributed by atoms with E-state index in [-0.39, 0.29) is 0 Å². The first-order valence-corrected chi connectivity index (χ1v) is 7.89. The molecule has 2 aromatic rings. The largest absolute Gasteiger partial charge is 0.465 e. The van der Waals surface area contributed by atoms with E-state index in [0.717, 1.165) is 5.56 Å². The van der Waals surface area contributed by atoms with Crippen LogP contribution >= 0.6 is 0 Å². The van der Waals surface area contributed by atoms with Crippen molar-refractivity contribution in [2.45, 2.75) is 6.92 Å². The first kappa shape index (κ1) is 19.0. The van der Waals surface area contributed by atoms with E-state index in [1.54, 1.807) is 50.4 Å². The molecule has 0 bridgehead atoms. The fourth-order valence-electron chi connectivity index (χ4n) is 2.28. The Kier molecular flexibility index (Phi) is 6.32. The van der Waals surface area contributed by atoms with Crippen LogP contribution in [0.2, 0.25) is 0 Å². The first-order valence-electron chi connectivity index (χ1n) is 7.89. The molecule has 0 aliphatic rings. The number of amides is 1. The zero-order chi connectivity index (χ0) is 19.1. The molecule has 0 unspecified atom stereocenters. The van der Waals surface area contributed by atoms with Crippen molar-refractivity contribution in [3.05, 3.63) is 59.2 Å². The van der Waals surface area contributed by atoms with E-state index in [1.165, 1.54) is 13.2 Å². The molecule has 0 aromatic heterocycles. The number of benzene rings is 2. The molecule has 136 valence electrons. The predicted octanol–water partition coefficient (Wildman–Crippen LogP) is 2.62. The molecule has 2 aromatic carbocycles. The topological polar surface area (TPSA) is 93.7 Å². The van der Waals surface area contributed by atoms with Crippen LogP contribution in [0.4, 0.5) is 11.4 Å². The lowest BCUT2D eigenvalue weighted by Gasteiger charge is -2.11. The fourth-order valence-corrected chi connectivity index (χ4v) is 2.28. The monoisotopic (exact) mass is 356 g/mol. The van der Waals surface area contributed by atoms with E-state index < -0.39 is 24.5 Å². The van der Waals surface area contributed by atoms with Gasteiger partial charge in [0.15, 0.2) is 6.61 Å². The number of para-hydroxylation sites is 1. The van der Waals surface area contributed by atoms with Gasteiger partial charge in [-0.25, -0.2) is 9.59 Å². The lowest BCUT2D eigenvalue weighted by Crippen LogP contribution is -2.22. The van der Waals surface area contributed by atoms with E-state index in [9.17, 15) is 14.4 Å². The standard InChI is InChI=1S/C19H20N2O5/c1-12-8-9-13(18(23)25-3)10-16(12)21-17(22)11-26-19(24)14-6-4-5-7-15(14)20-2/h4-10,20H,11H2,1-3H3,(H,21,22). The van der Waals surface area contributed by atoms with E-state index in [2.05, 4.69) is 15.4 Å². The van der Waals surface area contributed by atoms with Gasteiger partial charge in [-0.05, 0) is 36.8 Å². The number of anilines is 2. The number of nitrogens with one attached hydrogen (secondary N) is 2. The molecule has 0 aliphatic carbocycles. The molecule has 0 aliphatic heterocycles. The Labute approximate surface area is 151 Å². The van der Waals surface area contributed by atoms with Crippen molar-refractivity contribution < 1.29 is 23.9 Å². The first-order chi connectivity index (χ1) is 12.5. The van der Waals surface area contributed by atoms with Gasteiger partial charge in [0.1, 0.15) is 0 Å². The van der Waals surface area contributed by atoms with E-state index in [1.807, 2.05) is 0 Å². The predicted molar refractivity (Wildman–Crippen MR) is 97.4 cm³/mol. The average Bonchev–Trinajstić information content (AvgIpc) is 2.67. The van der Waals surface area contributed by atoms with Crippen LogP contribution in [0.25, 0.3) is 0 Å². The van der Waals surface area contributed by atoms with Crippen molar-refractivity contribution in [2.24, 2.45) is 0 Å². The van der Waals surface area contributed by atoms with Crippen molar-refractivity contribution in [3.63, 3.8) is 0 Å². The number of ether oxygens (including phenoxy) is 2. The summed E-state index contributed by atoms with van der Waals surface area (Å²) >= 11 is 0. The molecule has 7 nitrogen and oxygen atoms in total. The Morgan fingerprint density at radius 3 is 2.42 bits per heavy atom. The number of carbonyl (C=O) groups excluding carboxylic acids is 3. The Bertz CT molecular complexity index is 832. The van der Waals surface area contributed by atoms with Crippen LogP contribution < -0.4 is 10.6 Å². The quantitative estimate of drug-likeness (QED) is 0.773. The highest BCUT2D eigenvalue weighted by atomic mass is 16.5. The summed E-state index contributed by atoms with van der Waals surface area (Å²) in [6, 6.07) is 11.6. The van der Waals surface area contributed by atoms with Gasteiger partial charge in [-0.1, -0.05) is 18.2 Å². The number of hydrogen-bond acceptors (Lipinski definition) is 6. The van der Waals surface area contributed by atoms with Crippen molar-refractivity contribution in [3.8, 4) is 0 Å². The van der Waals surface area contributed by atoms with Gasteiger partial charge in [-0.3, -0.25) is 4.79 Å². The third-order valence-corrected chi connectivity index (χ3v) is 3.68. The Morgan fingerprint density at radius 1 is 1.00 bits per heavy atom. The van der Waals surface area contributed by atoms with Gasteiger partial charge in [0.05, 0.1) is 18.2 Å². The van der Waals surface area contributed by atoms with E-state index in [4.69, 9.17) is 4.74 Å². The third-order valence-electron chi connectivity index (χ3n) is 3.68. The maximum atomic E-state index is 12.1. The minimum absolute atomic E-state index is 0.313. The van der Waals surface area contributed by atoms with E-state index in [0.29, 0.717) is 22.5 Å². The minimum atomic E-state index is -0.606. The number of esters is 2. The van der Waals surface area contributed by atoms with Gasteiger partial charge in [-0.2, -0.15) is 0 Å². The summed E-state index contributed by atoms with van der Waals surface area (Å²) in [5.74, 6) is -1.62. The summed E-state index contributed by atoms with van der Waals surface area (Å²) in [6.07, 6.45) is 0. The maximum Gasteiger partial charge on any atom is 0.340 e. The second kappa shape index (κ2) is 8.66. The van der Waals surface area contributed by atoms with Gasteiger partial charge < -0.3 is 20.1 Å². The van der Waals surface area contributed by atoms with Crippen molar-refractivity contribution in [2.75, 3.05) is 31.4 Å². The van der Waals surface area contributed by atoms with Gasteiger partial charge in [-0.15, -0.1) is 0 Å². The molecule has 2 rings (SSSR count). The Hall–Kier alpha value is -3.35. The number of aryl methyl sites for hydroxylation is 1. The third kappa shape index (κ3) is 4.60. The highest BCUT2D eigenvalue weighted by molar-refractivity contribution is 5.99. The summed E-state index contributed by atoms with van der Waals surface area (Å²) in [5, 5.41) is 5.51. The molecule has 0 atom stereocenters. The van der Waals surface area contributed by atoms with Crippen LogP contribution in [-0.2, 0) is 14.3 Å². The number of hydrogen-bond donors (Lipinski definition) is 2. The molecule has 0 spiro atoms. The molecule has 26 heavy (non-hydrogen) atoms. The van der Waals surface area contributed by atoms with Crippen LogP contribution in [0.1, 0.15) is 26.3 Å². The fraction of sp³-hybridized carbons (Fsp3) is 0.211. The summed E-state index contributed by atoms with van der Waals surface area (Å²) in [7, 11) is 2.97. The maximum absolute atomic E-state index is 12.1. The number of carbonyl (C=O) groups is 3. The molecule has 0 saturated heterocycles. The minimum Gasteiger partial charge on any atom is -0.465 e. The number of rotatable bonds is 6. The van der Waals surface area contributed by atoms with Gasteiger partial charge >= 0.3 is 11.9 Å². The molecule has 0 heterocycles. The van der Waals surface area contributed by atoms with Gasteiger partial charge in [0.2, 0.25) is 0 Å². The summed E-state index contributed by atoms with van der Waals surface area (Å²) in [4.78, 5) is 35.8. The number of methoxy groups -OCH3 is 1. The van der Waals surface area contributed by atoms with Crippen molar-refractivity contribution in [1.29, 1.82) is 0 Å². The normalized spacial score (nSPS) is 9.96. The SMILES string of the molecule is CNc1ccccc1C(=O)OCC(=O)Nc1cc(C(=O)OC)ccc1C. The van der Waals surface area contributed by atoms with Crippen LogP contribution in [0.15, 0.2) is 42.5 Å². The summed E-state index contributed by atoms with van der Waals surface area (Å²) in [5.41, 5.74) is 2.47. The summed E-state index contributed by atoms with van der Waals surface area (Å²) < 4.78 is 9.72. The smallest absolute Gasteiger partial charge is 0.340 e. The molecule has 0 radical (unpaired) electrons. The zero-order valence-corrected chi connectivity index (χ0v) is 14.8. The van der Waals surface area contributed by atoms with Crippen LogP contribution in [0.5, 0.6) is 0 Å². The molecule has 7 heteroatoms. The van der Waals surface area contributed by atoms with Crippen molar-refractivity contribution >= 4 is 29.2 Å². The molecular weight excluding hydrogens is 336 g/mol. The lowest BCUT2D eigenvalue weighted by molar-refractivity contribution is -0.119. The summed E-state index contributed by atoms with van der Waals surface area (Å²) in [6.45, 7) is 1.34. The molecule has 0 fully saturated rings. The molecule has 1 amide bonds. The van der Waals surface area contributed by atoms with Crippen molar-refractivity contribution in [1.82, 2.24) is 0 Å². The lowest BCUT2D eigenvalue weighted by atomic mass is 10.1. The van der Waals surface area contributed by atoms with Gasteiger partial charge in [0.25, 0.3) is 5.91 Å². The molecule has 0 saturated carbocycles. The second-order valence-corrected chi connectivity index (χ2v) is 5.44. The zero-order valence-electron chi connectivity index (χ0n) is 14.8. The van der Waals surface area contributed by atoms with Crippen LogP contribution in [0, 0.1) is 6.92 Å². The molecular formula is C19H20N2O5. The van der Waals surface area contributed by atoms with Crippen LogP contribution in [0.3, 0.4) is 0 Å². The highest BCUT2D eigenvalue weighted by Crippen LogP contribution is 2.18. The van der Waals surface area contributed by atoms with E-state index >= 15 is 0 Å². The average molecular weight is 356 g/mol. The Morgan fingerprint density at radius 2 is 1.73 bits per heavy atom. The van der Waals surface area contributed by atoms with Gasteiger partial charge in [0, 0.05) is 18.4 Å². The van der Waals surface area contributed by atoms with Crippen LogP contribution in [-0.4, -0.2) is 38.6 Å².